The summed E-state index contributed by atoms with van der Waals surface area (Å²) in [7, 11) is 1.58. The van der Waals surface area contributed by atoms with Crippen LogP contribution in [0, 0.1) is 12.7 Å². The molecule has 2 amide bonds. The van der Waals surface area contributed by atoms with Gasteiger partial charge in [-0.2, -0.15) is 0 Å². The van der Waals surface area contributed by atoms with Crippen LogP contribution < -0.4 is 15.6 Å². The fraction of sp³-hybridized carbons (Fsp3) is 0.240. The Balaban J connectivity index is 1.72. The molecule has 0 aliphatic rings. The molecule has 0 radical (unpaired) electrons. The molecule has 0 spiro atoms. The van der Waals surface area contributed by atoms with Crippen molar-refractivity contribution < 1.29 is 18.7 Å². The van der Waals surface area contributed by atoms with Gasteiger partial charge in [0, 0.05) is 17.6 Å². The first-order valence-corrected chi connectivity index (χ1v) is 11.2. The number of ether oxygens (including phenoxy) is 1. The summed E-state index contributed by atoms with van der Waals surface area (Å²) >= 11 is 5.84. The molecule has 0 aliphatic heterocycles. The minimum atomic E-state index is -0.439. The quantitative estimate of drug-likeness (QED) is 0.272. The van der Waals surface area contributed by atoms with Gasteiger partial charge < -0.3 is 9.30 Å². The molecule has 0 unspecified atom stereocenters. The Morgan fingerprint density at radius 2 is 1.94 bits per heavy atom. The third-order valence-corrected chi connectivity index (χ3v) is 5.27. The standard InChI is InChI=1S/C25H26ClFN4O3/c1-17-15-31(16-28-17)22-10-7-19(13-23(22)34-2)12-20(4-3-11-26)25(33)30-29-24(32)14-18-5-8-21(27)9-6-18/h5-10,12-13,15-16H,3-4,11,14H2,1-2H3,(H,29,32)(H,30,33). The Labute approximate surface area is 202 Å². The van der Waals surface area contributed by atoms with Crippen molar-refractivity contribution in [2.24, 2.45) is 0 Å². The number of methoxy groups -OCH3 is 1. The van der Waals surface area contributed by atoms with Crippen molar-refractivity contribution in [1.29, 1.82) is 0 Å². The third-order valence-electron chi connectivity index (χ3n) is 5.00. The van der Waals surface area contributed by atoms with Crippen molar-refractivity contribution in [3.05, 3.63) is 83.2 Å². The lowest BCUT2D eigenvalue weighted by Crippen LogP contribution is -2.43. The van der Waals surface area contributed by atoms with Crippen LogP contribution >= 0.6 is 11.6 Å². The van der Waals surface area contributed by atoms with E-state index in [4.69, 9.17) is 16.3 Å². The molecular weight excluding hydrogens is 459 g/mol. The van der Waals surface area contributed by atoms with Gasteiger partial charge in [-0.25, -0.2) is 9.37 Å². The summed E-state index contributed by atoms with van der Waals surface area (Å²) in [5.41, 5.74) is 8.39. The highest BCUT2D eigenvalue weighted by atomic mass is 35.5. The van der Waals surface area contributed by atoms with E-state index in [-0.39, 0.29) is 12.2 Å². The fourth-order valence-electron chi connectivity index (χ4n) is 3.30. The number of aromatic nitrogens is 2. The topological polar surface area (TPSA) is 85.3 Å². The molecule has 9 heteroatoms. The van der Waals surface area contributed by atoms with Gasteiger partial charge in [0.15, 0.2) is 0 Å². The summed E-state index contributed by atoms with van der Waals surface area (Å²) in [4.78, 5) is 29.2. The van der Waals surface area contributed by atoms with E-state index in [9.17, 15) is 14.0 Å². The van der Waals surface area contributed by atoms with Crippen LogP contribution in [0.25, 0.3) is 11.8 Å². The number of nitrogens with one attached hydrogen (secondary N) is 2. The summed E-state index contributed by atoms with van der Waals surface area (Å²) in [6, 6.07) is 11.2. The van der Waals surface area contributed by atoms with Crippen LogP contribution in [0.5, 0.6) is 5.75 Å². The summed E-state index contributed by atoms with van der Waals surface area (Å²) in [6.07, 6.45) is 6.35. The van der Waals surface area contributed by atoms with Gasteiger partial charge in [0.2, 0.25) is 5.91 Å². The number of amides is 2. The minimum absolute atomic E-state index is 0.00761. The Hall–Kier alpha value is -3.65. The molecule has 34 heavy (non-hydrogen) atoms. The molecule has 0 saturated carbocycles. The van der Waals surface area contributed by atoms with Crippen LogP contribution in [-0.4, -0.2) is 34.4 Å². The van der Waals surface area contributed by atoms with Gasteiger partial charge in [-0.1, -0.05) is 18.2 Å². The molecule has 0 aliphatic carbocycles. The molecule has 3 aromatic rings. The van der Waals surface area contributed by atoms with Gasteiger partial charge in [-0.15, -0.1) is 11.6 Å². The van der Waals surface area contributed by atoms with Crippen LogP contribution in [0.15, 0.2) is 60.6 Å². The number of carbonyl (C=O) groups is 2. The SMILES string of the molecule is COc1cc(C=C(CCCCl)C(=O)NNC(=O)Cc2ccc(F)cc2)ccc1-n1cnc(C)c1. The van der Waals surface area contributed by atoms with E-state index in [0.717, 1.165) is 16.9 Å². The van der Waals surface area contributed by atoms with E-state index in [1.54, 1.807) is 19.5 Å². The molecule has 2 N–H and O–H groups in total. The highest BCUT2D eigenvalue weighted by Crippen LogP contribution is 2.26. The number of alkyl halides is 1. The number of imidazole rings is 1. The van der Waals surface area contributed by atoms with Gasteiger partial charge in [0.05, 0.1) is 31.2 Å². The molecule has 0 bridgehead atoms. The smallest absolute Gasteiger partial charge is 0.265 e. The zero-order valence-electron chi connectivity index (χ0n) is 19.0. The summed E-state index contributed by atoms with van der Waals surface area (Å²) in [5, 5.41) is 0. The van der Waals surface area contributed by atoms with Crippen molar-refractivity contribution in [2.75, 3.05) is 13.0 Å². The van der Waals surface area contributed by atoms with Gasteiger partial charge in [0.25, 0.3) is 5.91 Å². The number of hydrogen-bond donors (Lipinski definition) is 2. The van der Waals surface area contributed by atoms with Crippen molar-refractivity contribution in [3.8, 4) is 11.4 Å². The highest BCUT2D eigenvalue weighted by Gasteiger charge is 2.13. The number of hydrogen-bond acceptors (Lipinski definition) is 4. The summed E-state index contributed by atoms with van der Waals surface area (Å²) in [5.74, 6) is -0.222. The lowest BCUT2D eigenvalue weighted by molar-refractivity contribution is -0.126. The highest BCUT2D eigenvalue weighted by molar-refractivity contribution is 6.17. The second-order valence-electron chi connectivity index (χ2n) is 7.62. The van der Waals surface area contributed by atoms with Crippen LogP contribution in [0.3, 0.4) is 0 Å². The maximum atomic E-state index is 13.0. The Morgan fingerprint density at radius 1 is 1.18 bits per heavy atom. The zero-order chi connectivity index (χ0) is 24.5. The third kappa shape index (κ3) is 6.92. The lowest BCUT2D eigenvalue weighted by atomic mass is 10.1. The first-order chi connectivity index (χ1) is 16.4. The molecule has 1 aromatic heterocycles. The maximum absolute atomic E-state index is 13.0. The van der Waals surface area contributed by atoms with Crippen molar-refractivity contribution in [1.82, 2.24) is 20.4 Å². The number of rotatable bonds is 9. The Bertz CT molecular complexity index is 1180. The predicted octanol–water partition coefficient (Wildman–Crippen LogP) is 4.12. The van der Waals surface area contributed by atoms with Crippen LogP contribution in [-0.2, 0) is 16.0 Å². The first kappa shape index (κ1) is 25.0. The molecule has 7 nitrogen and oxygen atoms in total. The molecule has 0 fully saturated rings. The molecule has 2 aromatic carbocycles. The predicted molar refractivity (Wildman–Crippen MR) is 129 cm³/mol. The van der Waals surface area contributed by atoms with E-state index in [2.05, 4.69) is 15.8 Å². The van der Waals surface area contributed by atoms with Crippen molar-refractivity contribution in [3.63, 3.8) is 0 Å². The molecule has 1 heterocycles. The number of nitrogens with zero attached hydrogens (tertiary/aromatic N) is 2. The second-order valence-corrected chi connectivity index (χ2v) is 8.00. The number of aryl methyl sites for hydroxylation is 1. The number of halogens is 2. The first-order valence-electron chi connectivity index (χ1n) is 10.7. The largest absolute Gasteiger partial charge is 0.495 e. The summed E-state index contributed by atoms with van der Waals surface area (Å²) in [6.45, 7) is 1.90. The second kappa shape index (κ2) is 12.0. The van der Waals surface area contributed by atoms with Crippen molar-refractivity contribution >= 4 is 29.5 Å². The zero-order valence-corrected chi connectivity index (χ0v) is 19.7. The Kier molecular flexibility index (Phi) is 8.81. The minimum Gasteiger partial charge on any atom is -0.495 e. The Morgan fingerprint density at radius 3 is 2.59 bits per heavy atom. The number of hydrazine groups is 1. The van der Waals surface area contributed by atoms with Gasteiger partial charge in [0.1, 0.15) is 11.6 Å². The molecule has 178 valence electrons. The van der Waals surface area contributed by atoms with Crippen LogP contribution in [0.2, 0.25) is 0 Å². The maximum Gasteiger partial charge on any atom is 0.265 e. The molecule has 3 rings (SSSR count). The fourth-order valence-corrected chi connectivity index (χ4v) is 3.43. The number of benzene rings is 2. The monoisotopic (exact) mass is 484 g/mol. The van der Waals surface area contributed by atoms with E-state index < -0.39 is 11.8 Å². The van der Waals surface area contributed by atoms with E-state index >= 15 is 0 Å². The van der Waals surface area contributed by atoms with Crippen LogP contribution in [0.1, 0.15) is 29.7 Å². The van der Waals surface area contributed by atoms with Gasteiger partial charge in [-0.3, -0.25) is 20.4 Å². The molecular formula is C25H26ClFN4O3. The molecule has 0 saturated heterocycles. The lowest BCUT2D eigenvalue weighted by Gasteiger charge is -2.12. The summed E-state index contributed by atoms with van der Waals surface area (Å²) < 4.78 is 20.4. The average molecular weight is 485 g/mol. The van der Waals surface area contributed by atoms with E-state index in [1.807, 2.05) is 35.9 Å². The van der Waals surface area contributed by atoms with E-state index in [1.165, 1.54) is 24.3 Å². The molecule has 0 atom stereocenters. The normalized spacial score (nSPS) is 11.2. The average Bonchev–Trinajstić information content (AvgIpc) is 3.27. The van der Waals surface area contributed by atoms with Gasteiger partial charge >= 0.3 is 0 Å². The number of carbonyl (C=O) groups excluding carboxylic acids is 2. The van der Waals surface area contributed by atoms with Crippen LogP contribution in [0.4, 0.5) is 4.39 Å². The van der Waals surface area contributed by atoms with E-state index in [0.29, 0.717) is 35.6 Å². The van der Waals surface area contributed by atoms with Crippen molar-refractivity contribution in [2.45, 2.75) is 26.2 Å². The van der Waals surface area contributed by atoms with Gasteiger partial charge in [-0.05, 0) is 61.2 Å².